The van der Waals surface area contributed by atoms with Gasteiger partial charge in [0.25, 0.3) is 0 Å². The molecule has 1 aromatic carbocycles. The molecule has 19 heavy (non-hydrogen) atoms. The van der Waals surface area contributed by atoms with Crippen molar-refractivity contribution in [3.63, 3.8) is 0 Å². The molecule has 0 aliphatic carbocycles. The third kappa shape index (κ3) is 4.22. The van der Waals surface area contributed by atoms with Crippen molar-refractivity contribution in [2.24, 2.45) is 0 Å². The van der Waals surface area contributed by atoms with Crippen LogP contribution in [-0.2, 0) is 10.5 Å². The zero-order valence-electron chi connectivity index (χ0n) is 9.88. The lowest BCUT2D eigenvalue weighted by molar-refractivity contribution is -0.131. The Labute approximate surface area is 118 Å². The Morgan fingerprint density at radius 3 is 3.00 bits per heavy atom. The predicted octanol–water partition coefficient (Wildman–Crippen LogP) is 4.28. The van der Waals surface area contributed by atoms with E-state index >= 15 is 0 Å². The Morgan fingerprint density at radius 2 is 2.26 bits per heavy atom. The van der Waals surface area contributed by atoms with Crippen LogP contribution in [0.15, 0.2) is 46.7 Å². The van der Waals surface area contributed by atoms with Crippen LogP contribution < -0.4 is 0 Å². The Bertz CT molecular complexity index is 605. The van der Waals surface area contributed by atoms with Gasteiger partial charge in [0.2, 0.25) is 0 Å². The van der Waals surface area contributed by atoms with Crippen LogP contribution in [0.1, 0.15) is 10.4 Å². The van der Waals surface area contributed by atoms with Gasteiger partial charge in [0.15, 0.2) is 0 Å². The number of hydrogen-bond acceptors (Lipinski definition) is 3. The van der Waals surface area contributed by atoms with Gasteiger partial charge >= 0.3 is 5.97 Å². The summed E-state index contributed by atoms with van der Waals surface area (Å²) in [5.41, 5.74) is 0.899. The minimum absolute atomic E-state index is 0.248. The molecule has 5 heteroatoms. The molecule has 0 amide bonds. The Morgan fingerprint density at radius 1 is 1.42 bits per heavy atom. The van der Waals surface area contributed by atoms with E-state index in [-0.39, 0.29) is 5.82 Å². The zero-order valence-corrected chi connectivity index (χ0v) is 11.5. The van der Waals surface area contributed by atoms with Gasteiger partial charge in [-0.25, -0.2) is 9.18 Å². The van der Waals surface area contributed by atoms with Gasteiger partial charge in [0, 0.05) is 21.6 Å². The molecule has 2 nitrogen and oxygen atoms in total. The number of benzene rings is 1. The maximum Gasteiger partial charge on any atom is 0.328 e. The topological polar surface area (TPSA) is 37.3 Å². The van der Waals surface area contributed by atoms with E-state index < -0.39 is 5.97 Å². The first-order valence-electron chi connectivity index (χ1n) is 5.51. The van der Waals surface area contributed by atoms with Crippen LogP contribution in [-0.4, -0.2) is 11.1 Å². The van der Waals surface area contributed by atoms with Gasteiger partial charge < -0.3 is 5.11 Å². The van der Waals surface area contributed by atoms with Gasteiger partial charge in [0.05, 0.1) is 0 Å². The number of carbonyl (C=O) groups is 1. The van der Waals surface area contributed by atoms with Crippen LogP contribution in [0.25, 0.3) is 6.08 Å². The standard InChI is InChI=1S/C14H11FO2S2/c15-11-2-1-3-12(8-11)19-9-13-10(6-7-18-13)4-5-14(16)17/h1-8H,9H2,(H,16,17). The van der Waals surface area contributed by atoms with Crippen LogP contribution in [0.5, 0.6) is 0 Å². The highest BCUT2D eigenvalue weighted by Crippen LogP contribution is 2.28. The first-order chi connectivity index (χ1) is 9.15. The quantitative estimate of drug-likeness (QED) is 0.660. The first kappa shape index (κ1) is 13.8. The molecular weight excluding hydrogens is 283 g/mol. The summed E-state index contributed by atoms with van der Waals surface area (Å²) in [5, 5.41) is 10.5. The molecule has 0 aliphatic rings. The highest BCUT2D eigenvalue weighted by molar-refractivity contribution is 7.98. The lowest BCUT2D eigenvalue weighted by Crippen LogP contribution is -1.86. The first-order valence-corrected chi connectivity index (χ1v) is 7.37. The summed E-state index contributed by atoms with van der Waals surface area (Å²) < 4.78 is 13.0. The molecule has 1 aromatic heterocycles. The van der Waals surface area contributed by atoms with Gasteiger partial charge in [-0.3, -0.25) is 0 Å². The summed E-state index contributed by atoms with van der Waals surface area (Å²) >= 11 is 3.10. The third-order valence-corrected chi connectivity index (χ3v) is 4.49. The van der Waals surface area contributed by atoms with Gasteiger partial charge in [-0.15, -0.1) is 23.1 Å². The van der Waals surface area contributed by atoms with Crippen LogP contribution in [0.3, 0.4) is 0 Å². The molecule has 98 valence electrons. The molecule has 2 aromatic rings. The number of aliphatic carboxylic acids is 1. The molecule has 0 radical (unpaired) electrons. The van der Waals surface area contributed by atoms with Crippen molar-refractivity contribution in [1.29, 1.82) is 0 Å². The number of hydrogen-bond donors (Lipinski definition) is 1. The van der Waals surface area contributed by atoms with Crippen LogP contribution in [0.2, 0.25) is 0 Å². The van der Waals surface area contributed by atoms with E-state index in [0.29, 0.717) is 5.75 Å². The Hall–Kier alpha value is -1.59. The molecule has 0 atom stereocenters. The fraction of sp³-hybridized carbons (Fsp3) is 0.0714. The zero-order chi connectivity index (χ0) is 13.7. The van der Waals surface area contributed by atoms with Gasteiger partial charge in [-0.05, 0) is 41.3 Å². The van der Waals surface area contributed by atoms with Crippen molar-refractivity contribution in [1.82, 2.24) is 0 Å². The average Bonchev–Trinajstić information content (AvgIpc) is 2.81. The second-order valence-electron chi connectivity index (χ2n) is 3.72. The minimum atomic E-state index is -0.963. The van der Waals surface area contributed by atoms with E-state index in [4.69, 9.17) is 5.11 Å². The lowest BCUT2D eigenvalue weighted by Gasteiger charge is -2.01. The number of thioether (sulfide) groups is 1. The number of carboxylic acids is 1. The van der Waals surface area contributed by atoms with E-state index in [9.17, 15) is 9.18 Å². The molecule has 1 N–H and O–H groups in total. The molecule has 0 fully saturated rings. The molecule has 0 unspecified atom stereocenters. The fourth-order valence-electron chi connectivity index (χ4n) is 1.48. The summed E-state index contributed by atoms with van der Waals surface area (Å²) in [5.74, 6) is -0.516. The fourth-order valence-corrected chi connectivity index (χ4v) is 3.42. The SMILES string of the molecule is O=C(O)C=Cc1ccsc1CSc1cccc(F)c1. The minimum Gasteiger partial charge on any atom is -0.478 e. The second kappa shape index (κ2) is 6.54. The van der Waals surface area contributed by atoms with Crippen LogP contribution >= 0.6 is 23.1 Å². The van der Waals surface area contributed by atoms with Crippen molar-refractivity contribution >= 4 is 35.1 Å². The van der Waals surface area contributed by atoms with Crippen LogP contribution in [0, 0.1) is 5.82 Å². The monoisotopic (exact) mass is 294 g/mol. The lowest BCUT2D eigenvalue weighted by atomic mass is 10.2. The van der Waals surface area contributed by atoms with Crippen molar-refractivity contribution in [2.45, 2.75) is 10.6 Å². The molecule has 1 heterocycles. The van der Waals surface area contributed by atoms with Gasteiger partial charge in [0.1, 0.15) is 5.82 Å². The van der Waals surface area contributed by atoms with Gasteiger partial charge in [-0.2, -0.15) is 0 Å². The Kier molecular flexibility index (Phi) is 4.76. The molecule has 0 saturated heterocycles. The summed E-state index contributed by atoms with van der Waals surface area (Å²) in [7, 11) is 0. The highest BCUT2D eigenvalue weighted by atomic mass is 32.2. The second-order valence-corrected chi connectivity index (χ2v) is 5.77. The van der Waals surface area contributed by atoms with Crippen molar-refractivity contribution < 1.29 is 14.3 Å². The smallest absolute Gasteiger partial charge is 0.328 e. The molecule has 0 spiro atoms. The average molecular weight is 294 g/mol. The van der Waals surface area contributed by atoms with Crippen molar-refractivity contribution in [3.05, 3.63) is 58.0 Å². The molecule has 0 bridgehead atoms. The van der Waals surface area contributed by atoms with Crippen molar-refractivity contribution in [2.75, 3.05) is 0 Å². The maximum absolute atomic E-state index is 13.0. The summed E-state index contributed by atoms with van der Waals surface area (Å²) in [6, 6.07) is 8.32. The maximum atomic E-state index is 13.0. The number of thiophene rings is 1. The number of halogens is 1. The molecular formula is C14H11FO2S2. The van der Waals surface area contributed by atoms with Crippen LogP contribution in [0.4, 0.5) is 4.39 Å². The number of carboxylic acid groups (broad SMARTS) is 1. The largest absolute Gasteiger partial charge is 0.478 e. The van der Waals surface area contributed by atoms with E-state index in [1.54, 1.807) is 23.5 Å². The number of rotatable bonds is 5. The third-order valence-electron chi connectivity index (χ3n) is 2.35. The van der Waals surface area contributed by atoms with E-state index in [1.165, 1.54) is 23.9 Å². The predicted molar refractivity (Wildman–Crippen MR) is 76.9 cm³/mol. The Balaban J connectivity index is 2.04. The van der Waals surface area contributed by atoms with Gasteiger partial charge in [-0.1, -0.05) is 6.07 Å². The van der Waals surface area contributed by atoms with Crippen molar-refractivity contribution in [3.8, 4) is 0 Å². The summed E-state index contributed by atoms with van der Waals surface area (Å²) in [6.07, 6.45) is 2.71. The molecule has 2 rings (SSSR count). The molecule has 0 aliphatic heterocycles. The van der Waals surface area contributed by atoms with E-state index in [0.717, 1.165) is 21.4 Å². The molecule has 0 saturated carbocycles. The highest BCUT2D eigenvalue weighted by Gasteiger charge is 2.04. The summed E-state index contributed by atoms with van der Waals surface area (Å²) in [4.78, 5) is 12.4. The van der Waals surface area contributed by atoms with E-state index in [1.807, 2.05) is 17.5 Å². The van der Waals surface area contributed by atoms with E-state index in [2.05, 4.69) is 0 Å². The summed E-state index contributed by atoms with van der Waals surface area (Å²) in [6.45, 7) is 0. The normalized spacial score (nSPS) is 11.0.